The highest BCUT2D eigenvalue weighted by Crippen LogP contribution is 2.26. The molecule has 1 atom stereocenters. The average molecular weight is 393 g/mol. The highest BCUT2D eigenvalue weighted by Gasteiger charge is 2.35. The van der Waals surface area contributed by atoms with Gasteiger partial charge in [-0.3, -0.25) is 9.59 Å². The molecule has 0 aliphatic carbocycles. The van der Waals surface area contributed by atoms with Crippen molar-refractivity contribution < 1.29 is 18.0 Å². The first kappa shape index (κ1) is 20.0. The van der Waals surface area contributed by atoms with Crippen LogP contribution >= 0.6 is 0 Å². The van der Waals surface area contributed by atoms with E-state index in [1.165, 1.54) is 10.6 Å². The van der Waals surface area contributed by atoms with E-state index in [9.17, 15) is 18.0 Å². The largest absolute Gasteiger partial charge is 0.342 e. The molecule has 1 unspecified atom stereocenters. The van der Waals surface area contributed by atoms with Crippen LogP contribution in [0.5, 0.6) is 0 Å². The number of rotatable bonds is 4. The number of sulfonamides is 1. The molecule has 27 heavy (non-hydrogen) atoms. The van der Waals surface area contributed by atoms with Crippen LogP contribution in [0.2, 0.25) is 0 Å². The predicted octanol–water partition coefficient (Wildman–Crippen LogP) is 2.09. The molecule has 0 radical (unpaired) electrons. The van der Waals surface area contributed by atoms with Gasteiger partial charge < -0.3 is 4.90 Å². The standard InChI is InChI=1S/C20H28N2O4S/c1-15-5-7-16(8-6-15)19(23)18-4-3-11-21(14-18)20(24)17-9-12-22(13-10-17)27(2,25)26/h5-8,17-18H,3-4,9-14H2,1-2H3. The van der Waals surface area contributed by atoms with Gasteiger partial charge in [0.25, 0.3) is 0 Å². The number of likely N-dealkylation sites (tertiary alicyclic amines) is 1. The number of carbonyl (C=O) groups is 2. The maximum atomic E-state index is 12.9. The molecule has 0 N–H and O–H groups in total. The zero-order chi connectivity index (χ0) is 19.6. The van der Waals surface area contributed by atoms with Crippen molar-refractivity contribution in [3.8, 4) is 0 Å². The van der Waals surface area contributed by atoms with Crippen LogP contribution < -0.4 is 0 Å². The Morgan fingerprint density at radius 3 is 2.19 bits per heavy atom. The molecule has 7 heteroatoms. The van der Waals surface area contributed by atoms with E-state index in [-0.39, 0.29) is 23.5 Å². The van der Waals surface area contributed by atoms with Crippen LogP contribution in [0, 0.1) is 18.8 Å². The second-order valence-corrected chi connectivity index (χ2v) is 9.77. The zero-order valence-corrected chi connectivity index (χ0v) is 16.9. The van der Waals surface area contributed by atoms with Crippen molar-refractivity contribution in [3.05, 3.63) is 35.4 Å². The quantitative estimate of drug-likeness (QED) is 0.736. The fourth-order valence-corrected chi connectivity index (χ4v) is 4.91. The number of Topliss-reactive ketones (excluding diaryl/α,β-unsaturated/α-hetero) is 1. The molecule has 2 heterocycles. The maximum absolute atomic E-state index is 12.9. The van der Waals surface area contributed by atoms with E-state index in [0.717, 1.165) is 18.4 Å². The Morgan fingerprint density at radius 1 is 0.963 bits per heavy atom. The first-order valence-corrected chi connectivity index (χ1v) is 11.5. The summed E-state index contributed by atoms with van der Waals surface area (Å²) in [7, 11) is -3.19. The molecule has 148 valence electrons. The Balaban J connectivity index is 1.60. The summed E-state index contributed by atoms with van der Waals surface area (Å²) in [6, 6.07) is 7.60. The van der Waals surface area contributed by atoms with Gasteiger partial charge in [0.15, 0.2) is 5.78 Å². The number of hydrogen-bond acceptors (Lipinski definition) is 4. The van der Waals surface area contributed by atoms with Crippen molar-refractivity contribution in [1.82, 2.24) is 9.21 Å². The van der Waals surface area contributed by atoms with Gasteiger partial charge in [0.05, 0.1) is 6.26 Å². The molecule has 1 aromatic rings. The molecular formula is C20H28N2O4S. The smallest absolute Gasteiger partial charge is 0.225 e. The Kier molecular flexibility index (Phi) is 6.01. The van der Waals surface area contributed by atoms with Crippen LogP contribution in [0.1, 0.15) is 41.6 Å². The minimum Gasteiger partial charge on any atom is -0.342 e. The summed E-state index contributed by atoms with van der Waals surface area (Å²) in [5.74, 6) is -0.110. The molecule has 0 aromatic heterocycles. The van der Waals surface area contributed by atoms with Gasteiger partial charge in [-0.25, -0.2) is 12.7 Å². The Labute approximate surface area is 161 Å². The normalized spacial score (nSPS) is 22.6. The van der Waals surface area contributed by atoms with Crippen LogP contribution in [0.25, 0.3) is 0 Å². The molecule has 3 rings (SSSR count). The minimum atomic E-state index is -3.19. The average Bonchev–Trinajstić information content (AvgIpc) is 2.67. The third-order valence-electron chi connectivity index (χ3n) is 5.71. The number of amides is 1. The SMILES string of the molecule is Cc1ccc(C(=O)C2CCCN(C(=O)C3CCN(S(C)(=O)=O)CC3)C2)cc1. The van der Waals surface area contributed by atoms with Gasteiger partial charge in [0.2, 0.25) is 15.9 Å². The van der Waals surface area contributed by atoms with Gasteiger partial charge in [-0.15, -0.1) is 0 Å². The van der Waals surface area contributed by atoms with E-state index in [2.05, 4.69) is 0 Å². The molecule has 0 saturated carbocycles. The number of aryl methyl sites for hydroxylation is 1. The number of piperidine rings is 2. The zero-order valence-electron chi connectivity index (χ0n) is 16.1. The van der Waals surface area contributed by atoms with Crippen molar-refractivity contribution in [3.63, 3.8) is 0 Å². The number of carbonyl (C=O) groups excluding carboxylic acids is 2. The number of hydrogen-bond donors (Lipinski definition) is 0. The molecule has 0 bridgehead atoms. The Bertz CT molecular complexity index is 796. The number of nitrogens with zero attached hydrogens (tertiary/aromatic N) is 2. The van der Waals surface area contributed by atoms with Crippen molar-refractivity contribution >= 4 is 21.7 Å². The van der Waals surface area contributed by atoms with Crippen molar-refractivity contribution in [1.29, 1.82) is 0 Å². The van der Waals surface area contributed by atoms with Crippen molar-refractivity contribution in [2.45, 2.75) is 32.6 Å². The van der Waals surface area contributed by atoms with E-state index in [1.54, 1.807) is 0 Å². The highest BCUT2D eigenvalue weighted by molar-refractivity contribution is 7.88. The van der Waals surface area contributed by atoms with Crippen LogP contribution in [-0.2, 0) is 14.8 Å². The molecule has 2 fully saturated rings. The second-order valence-electron chi connectivity index (χ2n) is 7.79. The first-order valence-electron chi connectivity index (χ1n) is 9.60. The summed E-state index contributed by atoms with van der Waals surface area (Å²) in [6.45, 7) is 3.94. The Hall–Kier alpha value is -1.73. The van der Waals surface area contributed by atoms with E-state index >= 15 is 0 Å². The van der Waals surface area contributed by atoms with Gasteiger partial charge in [0, 0.05) is 43.6 Å². The molecule has 2 aliphatic rings. The minimum absolute atomic E-state index is 0.0737. The summed E-state index contributed by atoms with van der Waals surface area (Å²) >= 11 is 0. The first-order chi connectivity index (χ1) is 12.8. The molecule has 1 amide bonds. The third-order valence-corrected chi connectivity index (χ3v) is 7.02. The highest BCUT2D eigenvalue weighted by atomic mass is 32.2. The summed E-state index contributed by atoms with van der Waals surface area (Å²) < 4.78 is 24.7. The lowest BCUT2D eigenvalue weighted by Gasteiger charge is -2.37. The second kappa shape index (κ2) is 8.10. The fraction of sp³-hybridized carbons (Fsp3) is 0.600. The van der Waals surface area contributed by atoms with Crippen molar-refractivity contribution in [2.24, 2.45) is 11.8 Å². The topological polar surface area (TPSA) is 74.8 Å². The van der Waals surface area contributed by atoms with Gasteiger partial charge in [-0.1, -0.05) is 29.8 Å². The molecule has 0 spiro atoms. The molecule has 1 aromatic carbocycles. The summed E-state index contributed by atoms with van der Waals surface area (Å²) in [5, 5.41) is 0. The van der Waals surface area contributed by atoms with Gasteiger partial charge >= 0.3 is 0 Å². The molecule has 6 nitrogen and oxygen atoms in total. The lowest BCUT2D eigenvalue weighted by molar-refractivity contribution is -0.138. The third kappa shape index (κ3) is 4.76. The number of benzene rings is 1. The van der Waals surface area contributed by atoms with Gasteiger partial charge in [-0.2, -0.15) is 0 Å². The summed E-state index contributed by atoms with van der Waals surface area (Å²) in [4.78, 5) is 27.5. The Morgan fingerprint density at radius 2 is 1.59 bits per heavy atom. The van der Waals surface area contributed by atoms with Crippen molar-refractivity contribution in [2.75, 3.05) is 32.4 Å². The molecule has 2 aliphatic heterocycles. The van der Waals surface area contributed by atoms with E-state index in [4.69, 9.17) is 0 Å². The lowest BCUT2D eigenvalue weighted by Crippen LogP contribution is -2.48. The van der Waals surface area contributed by atoms with Gasteiger partial charge in [0.1, 0.15) is 0 Å². The summed E-state index contributed by atoms with van der Waals surface area (Å²) in [6.07, 6.45) is 3.96. The van der Waals surface area contributed by atoms with Crippen LogP contribution in [-0.4, -0.2) is 61.7 Å². The van der Waals surface area contributed by atoms with E-state index in [0.29, 0.717) is 44.6 Å². The van der Waals surface area contributed by atoms with Crippen LogP contribution in [0.3, 0.4) is 0 Å². The van der Waals surface area contributed by atoms with Gasteiger partial charge in [-0.05, 0) is 32.6 Å². The van der Waals surface area contributed by atoms with Crippen LogP contribution in [0.15, 0.2) is 24.3 Å². The lowest BCUT2D eigenvalue weighted by atomic mass is 9.88. The predicted molar refractivity (Wildman–Crippen MR) is 104 cm³/mol. The van der Waals surface area contributed by atoms with E-state index in [1.807, 2.05) is 36.1 Å². The molecular weight excluding hydrogens is 364 g/mol. The molecule has 2 saturated heterocycles. The van der Waals surface area contributed by atoms with E-state index < -0.39 is 10.0 Å². The maximum Gasteiger partial charge on any atom is 0.225 e. The monoisotopic (exact) mass is 392 g/mol. The summed E-state index contributed by atoms with van der Waals surface area (Å²) in [5.41, 5.74) is 1.83. The van der Waals surface area contributed by atoms with Crippen LogP contribution in [0.4, 0.5) is 0 Å². The number of ketones is 1. The fourth-order valence-electron chi connectivity index (χ4n) is 4.04.